The fourth-order valence-corrected chi connectivity index (χ4v) is 3.29. The first kappa shape index (κ1) is 18.0. The molecule has 0 radical (unpaired) electrons. The van der Waals surface area contributed by atoms with Crippen LogP contribution in [0.25, 0.3) is 0 Å². The van der Waals surface area contributed by atoms with Crippen LogP contribution in [0.5, 0.6) is 0 Å². The molecule has 1 aliphatic heterocycles. The summed E-state index contributed by atoms with van der Waals surface area (Å²) in [4.78, 5) is 26.3. The van der Waals surface area contributed by atoms with Gasteiger partial charge >= 0.3 is 0 Å². The summed E-state index contributed by atoms with van der Waals surface area (Å²) in [6.07, 6.45) is 3.79. The van der Waals surface area contributed by atoms with Crippen LogP contribution in [0.3, 0.4) is 0 Å². The summed E-state index contributed by atoms with van der Waals surface area (Å²) in [5.74, 6) is -0.599. The molecule has 0 atom stereocenters. The Hall–Kier alpha value is -2.82. The quantitative estimate of drug-likeness (QED) is 0.868. The zero-order chi connectivity index (χ0) is 18.5. The van der Waals surface area contributed by atoms with E-state index in [2.05, 4.69) is 10.2 Å². The minimum atomic E-state index is -0.496. The van der Waals surface area contributed by atoms with Gasteiger partial charge < -0.3 is 16.0 Å². The van der Waals surface area contributed by atoms with Gasteiger partial charge in [0.1, 0.15) is 0 Å². The minimum absolute atomic E-state index is 0.103. The molecule has 3 N–H and O–H groups in total. The van der Waals surface area contributed by atoms with E-state index < -0.39 is 5.91 Å². The van der Waals surface area contributed by atoms with Gasteiger partial charge in [-0.05, 0) is 49.9 Å². The molecule has 0 saturated carbocycles. The summed E-state index contributed by atoms with van der Waals surface area (Å²) in [5.41, 5.74) is 9.54. The van der Waals surface area contributed by atoms with Gasteiger partial charge in [-0.15, -0.1) is 0 Å². The molecule has 5 heteroatoms. The lowest BCUT2D eigenvalue weighted by Gasteiger charge is -2.30. The van der Waals surface area contributed by atoms with Crippen molar-refractivity contribution >= 4 is 23.2 Å². The van der Waals surface area contributed by atoms with Crippen LogP contribution in [0, 0.1) is 6.92 Å². The Labute approximate surface area is 154 Å². The van der Waals surface area contributed by atoms with Gasteiger partial charge in [0.05, 0.1) is 17.8 Å². The van der Waals surface area contributed by atoms with Crippen LogP contribution in [-0.4, -0.2) is 24.9 Å². The summed E-state index contributed by atoms with van der Waals surface area (Å²) in [5, 5.41) is 2.98. The molecule has 1 aliphatic rings. The number of piperidine rings is 1. The van der Waals surface area contributed by atoms with E-state index in [-0.39, 0.29) is 5.91 Å². The molecule has 3 rings (SSSR count). The second-order valence-electron chi connectivity index (χ2n) is 6.85. The molecule has 0 unspecified atom stereocenters. The Bertz CT molecular complexity index is 793. The normalized spacial score (nSPS) is 14.1. The Morgan fingerprint density at radius 2 is 1.73 bits per heavy atom. The van der Waals surface area contributed by atoms with Crippen molar-refractivity contribution in [3.05, 3.63) is 59.2 Å². The number of hydrogen-bond donors (Lipinski definition) is 2. The second kappa shape index (κ2) is 8.04. The molecule has 1 fully saturated rings. The maximum Gasteiger partial charge on any atom is 0.248 e. The Morgan fingerprint density at radius 3 is 2.38 bits per heavy atom. The topological polar surface area (TPSA) is 75.4 Å². The number of nitrogens with zero attached hydrogens (tertiary/aromatic N) is 1. The van der Waals surface area contributed by atoms with E-state index in [1.165, 1.54) is 6.42 Å². The number of hydrogen-bond acceptors (Lipinski definition) is 3. The van der Waals surface area contributed by atoms with Crippen LogP contribution in [-0.2, 0) is 11.2 Å². The Balaban J connectivity index is 1.81. The zero-order valence-electron chi connectivity index (χ0n) is 15.1. The largest absolute Gasteiger partial charge is 0.370 e. The molecule has 26 heavy (non-hydrogen) atoms. The second-order valence-corrected chi connectivity index (χ2v) is 6.85. The Kier molecular flexibility index (Phi) is 5.56. The smallest absolute Gasteiger partial charge is 0.248 e. The van der Waals surface area contributed by atoms with Crippen molar-refractivity contribution in [3.63, 3.8) is 0 Å². The number of nitrogens with one attached hydrogen (secondary N) is 1. The number of carbonyl (C=O) groups excluding carboxylic acids is 2. The van der Waals surface area contributed by atoms with E-state index in [1.807, 2.05) is 37.3 Å². The molecule has 0 spiro atoms. The van der Waals surface area contributed by atoms with Gasteiger partial charge in [0, 0.05) is 18.7 Å². The summed E-state index contributed by atoms with van der Waals surface area (Å²) < 4.78 is 0. The monoisotopic (exact) mass is 351 g/mol. The SMILES string of the molecule is Cc1ccc(CC(=O)Nc2cc(C(N)=O)ccc2N2CCCCC2)cc1. The van der Waals surface area contributed by atoms with Crippen LogP contribution < -0.4 is 16.0 Å². The molecule has 136 valence electrons. The first-order valence-electron chi connectivity index (χ1n) is 9.07. The fourth-order valence-electron chi connectivity index (χ4n) is 3.29. The first-order valence-corrected chi connectivity index (χ1v) is 9.07. The lowest BCUT2D eigenvalue weighted by molar-refractivity contribution is -0.115. The van der Waals surface area contributed by atoms with E-state index >= 15 is 0 Å². The van der Waals surface area contributed by atoms with E-state index in [4.69, 9.17) is 5.73 Å². The number of amides is 2. The maximum atomic E-state index is 12.5. The average molecular weight is 351 g/mol. The number of carbonyl (C=O) groups is 2. The van der Waals surface area contributed by atoms with Crippen molar-refractivity contribution in [1.82, 2.24) is 0 Å². The highest BCUT2D eigenvalue weighted by Gasteiger charge is 2.17. The number of anilines is 2. The summed E-state index contributed by atoms with van der Waals surface area (Å²) >= 11 is 0. The number of aryl methyl sites for hydroxylation is 1. The summed E-state index contributed by atoms with van der Waals surface area (Å²) in [6, 6.07) is 13.2. The van der Waals surface area contributed by atoms with Gasteiger partial charge in [0.25, 0.3) is 0 Å². The summed E-state index contributed by atoms with van der Waals surface area (Å²) in [7, 11) is 0. The van der Waals surface area contributed by atoms with E-state index in [0.717, 1.165) is 42.7 Å². The van der Waals surface area contributed by atoms with E-state index in [9.17, 15) is 9.59 Å². The molecule has 1 heterocycles. The number of benzene rings is 2. The Morgan fingerprint density at radius 1 is 1.04 bits per heavy atom. The van der Waals surface area contributed by atoms with Gasteiger partial charge in [0.2, 0.25) is 11.8 Å². The van der Waals surface area contributed by atoms with Gasteiger partial charge in [-0.1, -0.05) is 29.8 Å². The minimum Gasteiger partial charge on any atom is -0.370 e. The average Bonchev–Trinajstić information content (AvgIpc) is 2.64. The molecule has 0 aliphatic carbocycles. The number of primary amides is 1. The van der Waals surface area contributed by atoms with Gasteiger partial charge in [-0.2, -0.15) is 0 Å². The van der Waals surface area contributed by atoms with Gasteiger partial charge in [-0.3, -0.25) is 9.59 Å². The van der Waals surface area contributed by atoms with E-state index in [1.54, 1.807) is 12.1 Å². The van der Waals surface area contributed by atoms with Crippen molar-refractivity contribution in [2.24, 2.45) is 5.73 Å². The maximum absolute atomic E-state index is 12.5. The van der Waals surface area contributed by atoms with E-state index in [0.29, 0.717) is 17.7 Å². The highest BCUT2D eigenvalue weighted by Crippen LogP contribution is 2.30. The lowest BCUT2D eigenvalue weighted by Crippen LogP contribution is -2.30. The van der Waals surface area contributed by atoms with Crippen molar-refractivity contribution < 1.29 is 9.59 Å². The molecular formula is C21H25N3O2. The standard InChI is InChI=1S/C21H25N3O2/c1-15-5-7-16(8-6-15)13-20(25)23-18-14-17(21(22)26)9-10-19(18)24-11-3-2-4-12-24/h5-10,14H,2-4,11-13H2,1H3,(H2,22,26)(H,23,25). The van der Waals surface area contributed by atoms with Crippen molar-refractivity contribution in [2.75, 3.05) is 23.3 Å². The molecule has 2 aromatic rings. The highest BCUT2D eigenvalue weighted by molar-refractivity contribution is 5.99. The van der Waals surface area contributed by atoms with Crippen LogP contribution >= 0.6 is 0 Å². The van der Waals surface area contributed by atoms with Crippen LogP contribution in [0.15, 0.2) is 42.5 Å². The third-order valence-electron chi connectivity index (χ3n) is 4.74. The predicted molar refractivity (Wildman–Crippen MR) is 105 cm³/mol. The van der Waals surface area contributed by atoms with Crippen molar-refractivity contribution in [2.45, 2.75) is 32.6 Å². The van der Waals surface area contributed by atoms with Crippen LogP contribution in [0.2, 0.25) is 0 Å². The van der Waals surface area contributed by atoms with Crippen molar-refractivity contribution in [3.8, 4) is 0 Å². The molecule has 2 amide bonds. The predicted octanol–water partition coefficient (Wildman–Crippen LogP) is 3.27. The number of nitrogens with two attached hydrogens (primary N) is 1. The van der Waals surface area contributed by atoms with Crippen LogP contribution in [0.4, 0.5) is 11.4 Å². The molecule has 0 aromatic heterocycles. The highest BCUT2D eigenvalue weighted by atomic mass is 16.2. The summed E-state index contributed by atoms with van der Waals surface area (Å²) in [6.45, 7) is 3.93. The lowest BCUT2D eigenvalue weighted by atomic mass is 10.1. The molecule has 0 bridgehead atoms. The third kappa shape index (κ3) is 4.42. The molecule has 1 saturated heterocycles. The molecule has 2 aromatic carbocycles. The molecule has 5 nitrogen and oxygen atoms in total. The van der Waals surface area contributed by atoms with Crippen LogP contribution in [0.1, 0.15) is 40.7 Å². The van der Waals surface area contributed by atoms with Gasteiger partial charge in [-0.25, -0.2) is 0 Å². The fraction of sp³-hybridized carbons (Fsp3) is 0.333. The number of rotatable bonds is 5. The van der Waals surface area contributed by atoms with Crippen molar-refractivity contribution in [1.29, 1.82) is 0 Å². The molecular weight excluding hydrogens is 326 g/mol. The zero-order valence-corrected chi connectivity index (χ0v) is 15.1. The first-order chi connectivity index (χ1) is 12.5. The van der Waals surface area contributed by atoms with Gasteiger partial charge in [0.15, 0.2) is 0 Å². The third-order valence-corrected chi connectivity index (χ3v) is 4.74.